The van der Waals surface area contributed by atoms with Crippen LogP contribution >= 0.6 is 22.9 Å². The summed E-state index contributed by atoms with van der Waals surface area (Å²) in [6.45, 7) is 1.77. The van der Waals surface area contributed by atoms with Crippen molar-refractivity contribution in [2.75, 3.05) is 5.32 Å². The highest BCUT2D eigenvalue weighted by Gasteiger charge is 2.16. The summed E-state index contributed by atoms with van der Waals surface area (Å²) in [6, 6.07) is 7.10. The van der Waals surface area contributed by atoms with Crippen LogP contribution in [-0.4, -0.2) is 30.9 Å². The second kappa shape index (κ2) is 5.58. The van der Waals surface area contributed by atoms with E-state index in [4.69, 9.17) is 11.6 Å². The van der Waals surface area contributed by atoms with Crippen LogP contribution in [0.2, 0.25) is 5.02 Å². The quantitative estimate of drug-likeness (QED) is 0.800. The van der Waals surface area contributed by atoms with E-state index in [1.165, 1.54) is 16.8 Å². The molecule has 0 saturated heterocycles. The van der Waals surface area contributed by atoms with E-state index in [2.05, 4.69) is 25.6 Å². The van der Waals surface area contributed by atoms with Gasteiger partial charge < -0.3 is 0 Å². The molecule has 21 heavy (non-hydrogen) atoms. The first-order valence-corrected chi connectivity index (χ1v) is 7.16. The second-order valence-corrected chi connectivity index (χ2v) is 5.34. The maximum atomic E-state index is 12.0. The fourth-order valence-corrected chi connectivity index (χ4v) is 2.26. The highest BCUT2D eigenvalue weighted by molar-refractivity contribution is 7.13. The molecular formula is C12H9ClN6OS. The smallest absolute Gasteiger partial charge is 0.294 e. The largest absolute Gasteiger partial charge is 0.297 e. The molecule has 0 aliphatic rings. The number of carbonyl (C=O) groups excluding carboxylic acids is 1. The SMILES string of the molecule is Cc1nc(C(=O)Nc2nncs2)nn1-c1ccc(Cl)cc1. The van der Waals surface area contributed by atoms with Crippen molar-refractivity contribution in [3.8, 4) is 5.69 Å². The summed E-state index contributed by atoms with van der Waals surface area (Å²) in [5.41, 5.74) is 2.31. The van der Waals surface area contributed by atoms with Crippen molar-refractivity contribution in [1.82, 2.24) is 25.0 Å². The van der Waals surface area contributed by atoms with E-state index in [1.807, 2.05) is 0 Å². The number of hydrogen-bond donors (Lipinski definition) is 1. The third kappa shape index (κ3) is 2.91. The Morgan fingerprint density at radius 2 is 2.10 bits per heavy atom. The van der Waals surface area contributed by atoms with Crippen LogP contribution in [0.4, 0.5) is 5.13 Å². The van der Waals surface area contributed by atoms with Crippen molar-refractivity contribution in [3.05, 3.63) is 46.4 Å². The number of nitrogens with one attached hydrogen (secondary N) is 1. The Kier molecular flexibility index (Phi) is 3.63. The maximum absolute atomic E-state index is 12.0. The number of hydrogen-bond acceptors (Lipinski definition) is 6. The normalized spacial score (nSPS) is 10.6. The van der Waals surface area contributed by atoms with Gasteiger partial charge in [-0.25, -0.2) is 9.67 Å². The minimum Gasteiger partial charge on any atom is -0.294 e. The molecule has 0 aliphatic carbocycles. The zero-order chi connectivity index (χ0) is 14.8. The van der Waals surface area contributed by atoms with Gasteiger partial charge in [0.05, 0.1) is 5.69 Å². The molecule has 0 unspecified atom stereocenters. The summed E-state index contributed by atoms with van der Waals surface area (Å²) in [4.78, 5) is 16.2. The summed E-state index contributed by atoms with van der Waals surface area (Å²) >= 11 is 7.08. The highest BCUT2D eigenvalue weighted by atomic mass is 35.5. The van der Waals surface area contributed by atoms with Crippen molar-refractivity contribution in [3.63, 3.8) is 0 Å². The molecule has 0 atom stereocenters. The number of carbonyl (C=O) groups is 1. The molecule has 0 spiro atoms. The van der Waals surface area contributed by atoms with Crippen LogP contribution in [-0.2, 0) is 0 Å². The summed E-state index contributed by atoms with van der Waals surface area (Å²) < 4.78 is 1.57. The number of aryl methyl sites for hydroxylation is 1. The summed E-state index contributed by atoms with van der Waals surface area (Å²) in [7, 11) is 0. The van der Waals surface area contributed by atoms with Crippen LogP contribution in [0.5, 0.6) is 0 Å². The molecule has 0 bridgehead atoms. The van der Waals surface area contributed by atoms with E-state index < -0.39 is 5.91 Å². The molecule has 2 aromatic heterocycles. The Bertz CT molecular complexity index is 768. The number of aromatic nitrogens is 5. The highest BCUT2D eigenvalue weighted by Crippen LogP contribution is 2.15. The van der Waals surface area contributed by atoms with Crippen LogP contribution in [0.1, 0.15) is 16.4 Å². The van der Waals surface area contributed by atoms with Gasteiger partial charge in [-0.3, -0.25) is 10.1 Å². The fourth-order valence-electron chi connectivity index (χ4n) is 1.69. The molecular weight excluding hydrogens is 312 g/mol. The average Bonchev–Trinajstić information content (AvgIpc) is 3.09. The maximum Gasteiger partial charge on any atom is 0.297 e. The number of benzene rings is 1. The number of anilines is 1. The zero-order valence-electron chi connectivity index (χ0n) is 10.8. The lowest BCUT2D eigenvalue weighted by Gasteiger charge is -2.02. The van der Waals surface area contributed by atoms with Gasteiger partial charge in [-0.05, 0) is 31.2 Å². The Balaban J connectivity index is 1.87. The summed E-state index contributed by atoms with van der Waals surface area (Å²) in [6.07, 6.45) is 0. The Morgan fingerprint density at radius 1 is 1.33 bits per heavy atom. The topological polar surface area (TPSA) is 85.6 Å². The van der Waals surface area contributed by atoms with E-state index in [9.17, 15) is 4.79 Å². The molecule has 7 nitrogen and oxygen atoms in total. The van der Waals surface area contributed by atoms with Crippen molar-refractivity contribution in [2.24, 2.45) is 0 Å². The van der Waals surface area contributed by atoms with Gasteiger partial charge in [-0.2, -0.15) is 0 Å². The monoisotopic (exact) mass is 320 g/mol. The van der Waals surface area contributed by atoms with Crippen molar-refractivity contribution < 1.29 is 4.79 Å². The van der Waals surface area contributed by atoms with Crippen LogP contribution < -0.4 is 5.32 Å². The number of amides is 1. The molecule has 2 heterocycles. The Morgan fingerprint density at radius 3 is 2.76 bits per heavy atom. The molecule has 106 valence electrons. The van der Waals surface area contributed by atoms with Crippen LogP contribution in [0.3, 0.4) is 0 Å². The van der Waals surface area contributed by atoms with Crippen molar-refractivity contribution in [2.45, 2.75) is 6.92 Å². The van der Waals surface area contributed by atoms with Gasteiger partial charge in [0.1, 0.15) is 11.3 Å². The lowest BCUT2D eigenvalue weighted by Crippen LogP contribution is -2.14. The number of halogens is 1. The van der Waals surface area contributed by atoms with E-state index >= 15 is 0 Å². The molecule has 0 fully saturated rings. The second-order valence-electron chi connectivity index (χ2n) is 4.07. The van der Waals surface area contributed by atoms with E-state index in [0.29, 0.717) is 16.0 Å². The first-order valence-electron chi connectivity index (χ1n) is 5.90. The van der Waals surface area contributed by atoms with Crippen LogP contribution in [0.25, 0.3) is 5.69 Å². The van der Waals surface area contributed by atoms with E-state index in [-0.39, 0.29) is 5.82 Å². The van der Waals surface area contributed by atoms with Gasteiger partial charge in [0.15, 0.2) is 0 Å². The third-order valence-electron chi connectivity index (χ3n) is 2.62. The van der Waals surface area contributed by atoms with E-state index in [1.54, 1.807) is 35.9 Å². The molecule has 0 saturated carbocycles. The molecule has 9 heteroatoms. The molecule has 1 aromatic carbocycles. The molecule has 3 aromatic rings. The molecule has 0 aliphatic heterocycles. The lowest BCUT2D eigenvalue weighted by molar-refractivity contribution is 0.101. The van der Waals surface area contributed by atoms with Crippen LogP contribution in [0.15, 0.2) is 29.8 Å². The predicted octanol–water partition coefficient (Wildman–Crippen LogP) is 2.33. The first kappa shape index (κ1) is 13.7. The van der Waals surface area contributed by atoms with Gasteiger partial charge >= 0.3 is 0 Å². The van der Waals surface area contributed by atoms with Gasteiger partial charge in [0.2, 0.25) is 11.0 Å². The third-order valence-corrected chi connectivity index (χ3v) is 3.48. The van der Waals surface area contributed by atoms with Gasteiger partial charge in [-0.15, -0.1) is 15.3 Å². The van der Waals surface area contributed by atoms with E-state index in [0.717, 1.165) is 5.69 Å². The Hall–Kier alpha value is -2.32. The molecule has 0 radical (unpaired) electrons. The standard InChI is InChI=1S/C12H9ClN6OS/c1-7-15-10(11(20)16-12-17-14-6-21-12)18-19(7)9-4-2-8(13)3-5-9/h2-6H,1H3,(H,16,17,20). The minimum absolute atomic E-state index is 0.0673. The van der Waals surface area contributed by atoms with Gasteiger partial charge in [-0.1, -0.05) is 22.9 Å². The first-order chi connectivity index (χ1) is 10.1. The number of rotatable bonds is 3. The minimum atomic E-state index is -0.428. The predicted molar refractivity (Wildman–Crippen MR) is 79.0 cm³/mol. The molecule has 3 rings (SSSR count). The Labute approximate surface area is 128 Å². The van der Waals surface area contributed by atoms with Gasteiger partial charge in [0.25, 0.3) is 5.91 Å². The molecule has 1 N–H and O–H groups in total. The van der Waals surface area contributed by atoms with Crippen molar-refractivity contribution in [1.29, 1.82) is 0 Å². The number of nitrogens with zero attached hydrogens (tertiary/aromatic N) is 5. The van der Waals surface area contributed by atoms with Crippen LogP contribution in [0, 0.1) is 6.92 Å². The lowest BCUT2D eigenvalue weighted by atomic mass is 10.3. The fraction of sp³-hybridized carbons (Fsp3) is 0.0833. The van der Waals surface area contributed by atoms with Gasteiger partial charge in [0, 0.05) is 5.02 Å². The molecule has 1 amide bonds. The zero-order valence-corrected chi connectivity index (χ0v) is 12.4. The summed E-state index contributed by atoms with van der Waals surface area (Å²) in [5.74, 6) is 0.236. The summed E-state index contributed by atoms with van der Waals surface area (Å²) in [5, 5.41) is 15.2. The van der Waals surface area contributed by atoms with Crippen molar-refractivity contribution >= 4 is 34.0 Å². The average molecular weight is 321 g/mol.